The standard InChI is InChI=1S/C17H18O2S/c1-12-4-5-13(2)17(8-12)20-11-15-9-14(10-18)6-7-16(15)19-3/h4-10H,11H2,1-3H3. The zero-order chi connectivity index (χ0) is 14.5. The van der Waals surface area contributed by atoms with Crippen molar-refractivity contribution in [1.82, 2.24) is 0 Å². The normalized spacial score (nSPS) is 10.3. The van der Waals surface area contributed by atoms with Crippen molar-refractivity contribution in [2.75, 3.05) is 7.11 Å². The first-order valence-electron chi connectivity index (χ1n) is 6.46. The summed E-state index contributed by atoms with van der Waals surface area (Å²) in [5, 5.41) is 0. The number of benzene rings is 2. The monoisotopic (exact) mass is 286 g/mol. The minimum Gasteiger partial charge on any atom is -0.496 e. The number of carbonyl (C=O) groups is 1. The molecule has 0 fully saturated rings. The van der Waals surface area contributed by atoms with Crippen LogP contribution in [0.1, 0.15) is 27.0 Å². The molecule has 0 saturated carbocycles. The predicted octanol–water partition coefficient (Wildman–Crippen LogP) is 4.42. The lowest BCUT2D eigenvalue weighted by Crippen LogP contribution is -1.93. The Morgan fingerprint density at radius 2 is 1.95 bits per heavy atom. The zero-order valence-electron chi connectivity index (χ0n) is 12.0. The van der Waals surface area contributed by atoms with Crippen LogP contribution in [-0.2, 0) is 5.75 Å². The fraction of sp³-hybridized carbons (Fsp3) is 0.235. The minimum absolute atomic E-state index is 0.683. The van der Waals surface area contributed by atoms with Gasteiger partial charge in [0.1, 0.15) is 12.0 Å². The molecule has 0 aliphatic heterocycles. The van der Waals surface area contributed by atoms with Gasteiger partial charge in [0.2, 0.25) is 0 Å². The van der Waals surface area contributed by atoms with E-state index >= 15 is 0 Å². The Balaban J connectivity index is 2.21. The Hall–Kier alpha value is -1.74. The average molecular weight is 286 g/mol. The molecule has 2 aromatic carbocycles. The van der Waals surface area contributed by atoms with Gasteiger partial charge in [0.05, 0.1) is 7.11 Å². The Morgan fingerprint density at radius 1 is 1.15 bits per heavy atom. The van der Waals surface area contributed by atoms with E-state index in [0.29, 0.717) is 5.56 Å². The summed E-state index contributed by atoms with van der Waals surface area (Å²) < 4.78 is 5.36. The van der Waals surface area contributed by atoms with Crippen LogP contribution < -0.4 is 4.74 Å². The van der Waals surface area contributed by atoms with Crippen LogP contribution in [0.2, 0.25) is 0 Å². The van der Waals surface area contributed by atoms with Crippen molar-refractivity contribution in [3.63, 3.8) is 0 Å². The number of rotatable bonds is 5. The molecule has 0 amide bonds. The second-order valence-electron chi connectivity index (χ2n) is 4.75. The molecule has 104 valence electrons. The first kappa shape index (κ1) is 14.7. The number of carbonyl (C=O) groups excluding carboxylic acids is 1. The molecule has 2 aromatic rings. The Morgan fingerprint density at radius 3 is 2.65 bits per heavy atom. The van der Waals surface area contributed by atoms with Crippen molar-refractivity contribution in [3.05, 3.63) is 58.7 Å². The minimum atomic E-state index is 0.683. The topological polar surface area (TPSA) is 26.3 Å². The molecule has 0 bridgehead atoms. The van der Waals surface area contributed by atoms with Gasteiger partial charge in [-0.1, -0.05) is 17.7 Å². The Labute approximate surface area is 124 Å². The molecule has 0 heterocycles. The quantitative estimate of drug-likeness (QED) is 0.601. The smallest absolute Gasteiger partial charge is 0.150 e. The highest BCUT2D eigenvalue weighted by atomic mass is 32.2. The van der Waals surface area contributed by atoms with Crippen molar-refractivity contribution >= 4 is 18.0 Å². The predicted molar refractivity (Wildman–Crippen MR) is 83.9 cm³/mol. The van der Waals surface area contributed by atoms with Gasteiger partial charge in [-0.2, -0.15) is 0 Å². The summed E-state index contributed by atoms with van der Waals surface area (Å²) in [6, 6.07) is 12.0. The van der Waals surface area contributed by atoms with Crippen LogP contribution in [0.15, 0.2) is 41.3 Å². The van der Waals surface area contributed by atoms with E-state index in [0.717, 1.165) is 23.4 Å². The van der Waals surface area contributed by atoms with E-state index in [4.69, 9.17) is 4.74 Å². The Kier molecular flexibility index (Phi) is 4.85. The highest BCUT2D eigenvalue weighted by Crippen LogP contribution is 2.30. The maximum atomic E-state index is 10.9. The summed E-state index contributed by atoms with van der Waals surface area (Å²) in [5.41, 5.74) is 4.25. The van der Waals surface area contributed by atoms with Crippen LogP contribution in [0.5, 0.6) is 5.75 Å². The third kappa shape index (κ3) is 3.42. The van der Waals surface area contributed by atoms with Crippen LogP contribution in [0.25, 0.3) is 0 Å². The molecule has 2 nitrogen and oxygen atoms in total. The highest BCUT2D eigenvalue weighted by molar-refractivity contribution is 7.98. The van der Waals surface area contributed by atoms with Gasteiger partial charge in [-0.15, -0.1) is 11.8 Å². The molecular formula is C17H18O2S. The number of thioether (sulfide) groups is 1. The van der Waals surface area contributed by atoms with E-state index in [2.05, 4.69) is 32.0 Å². The number of aryl methyl sites for hydroxylation is 2. The summed E-state index contributed by atoms with van der Waals surface area (Å²) in [6.07, 6.45) is 0.867. The molecular weight excluding hydrogens is 268 g/mol. The van der Waals surface area contributed by atoms with Gasteiger partial charge >= 0.3 is 0 Å². The maximum Gasteiger partial charge on any atom is 0.150 e. The molecule has 20 heavy (non-hydrogen) atoms. The van der Waals surface area contributed by atoms with E-state index in [1.165, 1.54) is 16.0 Å². The van der Waals surface area contributed by atoms with E-state index in [-0.39, 0.29) is 0 Å². The second-order valence-corrected chi connectivity index (χ2v) is 5.76. The summed E-state index contributed by atoms with van der Waals surface area (Å²) in [5.74, 6) is 1.61. The maximum absolute atomic E-state index is 10.9. The van der Waals surface area contributed by atoms with Gasteiger partial charge in [-0.3, -0.25) is 4.79 Å². The van der Waals surface area contributed by atoms with Crippen molar-refractivity contribution in [3.8, 4) is 5.75 Å². The van der Waals surface area contributed by atoms with Gasteiger partial charge in [0.25, 0.3) is 0 Å². The van der Waals surface area contributed by atoms with Crippen LogP contribution in [0.3, 0.4) is 0 Å². The second kappa shape index (κ2) is 6.62. The fourth-order valence-corrected chi connectivity index (χ4v) is 3.10. The summed E-state index contributed by atoms with van der Waals surface area (Å²) in [4.78, 5) is 12.2. The molecule has 0 atom stereocenters. The van der Waals surface area contributed by atoms with Crippen LogP contribution in [-0.4, -0.2) is 13.4 Å². The van der Waals surface area contributed by atoms with Gasteiger partial charge in [0.15, 0.2) is 0 Å². The average Bonchev–Trinajstić information content (AvgIpc) is 2.47. The molecule has 0 aromatic heterocycles. The zero-order valence-corrected chi connectivity index (χ0v) is 12.8. The molecule has 0 unspecified atom stereocenters. The van der Waals surface area contributed by atoms with Gasteiger partial charge in [-0.25, -0.2) is 0 Å². The first-order chi connectivity index (χ1) is 9.63. The molecule has 0 spiro atoms. The van der Waals surface area contributed by atoms with Gasteiger partial charge in [-0.05, 0) is 43.7 Å². The molecule has 2 rings (SSSR count). The lowest BCUT2D eigenvalue weighted by Gasteiger charge is -2.10. The molecule has 0 N–H and O–H groups in total. The van der Waals surface area contributed by atoms with Gasteiger partial charge in [0, 0.05) is 21.8 Å². The van der Waals surface area contributed by atoms with E-state index in [1.54, 1.807) is 24.9 Å². The van der Waals surface area contributed by atoms with E-state index in [1.807, 2.05) is 12.1 Å². The molecule has 0 aliphatic carbocycles. The summed E-state index contributed by atoms with van der Waals surface area (Å²) in [6.45, 7) is 4.21. The first-order valence-corrected chi connectivity index (χ1v) is 7.44. The number of hydrogen-bond donors (Lipinski definition) is 0. The van der Waals surface area contributed by atoms with Crippen molar-refractivity contribution in [2.24, 2.45) is 0 Å². The molecule has 0 radical (unpaired) electrons. The van der Waals surface area contributed by atoms with Crippen molar-refractivity contribution < 1.29 is 9.53 Å². The highest BCUT2D eigenvalue weighted by Gasteiger charge is 2.07. The third-order valence-electron chi connectivity index (χ3n) is 3.17. The third-order valence-corrected chi connectivity index (χ3v) is 4.37. The summed E-state index contributed by atoms with van der Waals surface area (Å²) >= 11 is 1.77. The number of aldehydes is 1. The molecule has 0 saturated heterocycles. The number of hydrogen-bond acceptors (Lipinski definition) is 3. The lowest BCUT2D eigenvalue weighted by atomic mass is 10.1. The lowest BCUT2D eigenvalue weighted by molar-refractivity contribution is 0.112. The van der Waals surface area contributed by atoms with Crippen molar-refractivity contribution in [2.45, 2.75) is 24.5 Å². The van der Waals surface area contributed by atoms with Crippen LogP contribution in [0.4, 0.5) is 0 Å². The molecule has 0 aliphatic rings. The fourth-order valence-electron chi connectivity index (χ4n) is 2.00. The van der Waals surface area contributed by atoms with Gasteiger partial charge < -0.3 is 4.74 Å². The Bertz CT molecular complexity index is 620. The SMILES string of the molecule is COc1ccc(C=O)cc1CSc1cc(C)ccc1C. The van der Waals surface area contributed by atoms with Crippen molar-refractivity contribution in [1.29, 1.82) is 0 Å². The van der Waals surface area contributed by atoms with E-state index in [9.17, 15) is 4.79 Å². The van der Waals surface area contributed by atoms with Crippen LogP contribution >= 0.6 is 11.8 Å². The number of methoxy groups -OCH3 is 1. The largest absolute Gasteiger partial charge is 0.496 e. The molecule has 3 heteroatoms. The van der Waals surface area contributed by atoms with Crippen LogP contribution in [0, 0.1) is 13.8 Å². The summed E-state index contributed by atoms with van der Waals surface area (Å²) in [7, 11) is 1.65. The van der Waals surface area contributed by atoms with E-state index < -0.39 is 0 Å². The number of ether oxygens (including phenoxy) is 1.